The van der Waals surface area contributed by atoms with Crippen molar-refractivity contribution in [2.45, 2.75) is 13.5 Å². The third-order valence-electron chi connectivity index (χ3n) is 2.89. The van der Waals surface area contributed by atoms with Gasteiger partial charge in [0.25, 0.3) is 0 Å². The molecule has 0 radical (unpaired) electrons. The van der Waals surface area contributed by atoms with Gasteiger partial charge in [-0.3, -0.25) is 0 Å². The average Bonchev–Trinajstić information content (AvgIpc) is 3.08. The second-order valence-corrected chi connectivity index (χ2v) is 6.53. The van der Waals surface area contributed by atoms with Gasteiger partial charge in [0.2, 0.25) is 0 Å². The predicted molar refractivity (Wildman–Crippen MR) is 85.4 cm³/mol. The van der Waals surface area contributed by atoms with E-state index in [0.29, 0.717) is 0 Å². The summed E-state index contributed by atoms with van der Waals surface area (Å²) in [4.78, 5) is 4.22. The average molecular weight is 349 g/mol. The van der Waals surface area contributed by atoms with Crippen molar-refractivity contribution in [2.24, 2.45) is 0 Å². The summed E-state index contributed by atoms with van der Waals surface area (Å²) < 4.78 is 1.18. The van der Waals surface area contributed by atoms with Crippen LogP contribution in [-0.4, -0.2) is 15.0 Å². The topological polar surface area (TPSA) is 42.7 Å². The van der Waals surface area contributed by atoms with Crippen LogP contribution in [0.4, 0.5) is 5.69 Å². The zero-order chi connectivity index (χ0) is 13.9. The van der Waals surface area contributed by atoms with Gasteiger partial charge in [-0.05, 0) is 53.2 Å². The normalized spacial score (nSPS) is 10.7. The van der Waals surface area contributed by atoms with Crippen molar-refractivity contribution in [3.8, 4) is 5.69 Å². The summed E-state index contributed by atoms with van der Waals surface area (Å²) in [6, 6.07) is 10.2. The van der Waals surface area contributed by atoms with Gasteiger partial charge in [0.1, 0.15) is 0 Å². The molecule has 0 amide bonds. The maximum Gasteiger partial charge on any atom is 0.0858 e. The van der Waals surface area contributed by atoms with Crippen LogP contribution in [0.25, 0.3) is 5.69 Å². The fourth-order valence-corrected chi connectivity index (χ4v) is 3.40. The van der Waals surface area contributed by atoms with Gasteiger partial charge in [0.05, 0.1) is 18.1 Å². The Bertz CT molecular complexity index is 669. The second-order valence-electron chi connectivity index (χ2n) is 4.34. The maximum absolute atomic E-state index is 4.10. The summed E-state index contributed by atoms with van der Waals surface area (Å²) in [6.45, 7) is 2.95. The molecule has 102 valence electrons. The van der Waals surface area contributed by atoms with Crippen molar-refractivity contribution < 1.29 is 0 Å². The van der Waals surface area contributed by atoms with Crippen LogP contribution >= 0.6 is 27.3 Å². The molecule has 1 aromatic carbocycles. The number of aryl methyl sites for hydroxylation is 1. The van der Waals surface area contributed by atoms with E-state index in [4.69, 9.17) is 0 Å². The minimum Gasteiger partial charge on any atom is -0.380 e. The molecular formula is C14H13BrN4S. The van der Waals surface area contributed by atoms with E-state index in [9.17, 15) is 0 Å². The number of halogens is 1. The van der Waals surface area contributed by atoms with Gasteiger partial charge < -0.3 is 5.32 Å². The minimum atomic E-state index is 0.830. The number of hydrogen-bond acceptors (Lipinski definition) is 4. The fourth-order valence-electron chi connectivity index (χ4n) is 1.86. The monoisotopic (exact) mass is 348 g/mol. The van der Waals surface area contributed by atoms with Gasteiger partial charge in [0, 0.05) is 26.5 Å². The highest BCUT2D eigenvalue weighted by atomic mass is 79.9. The Kier molecular flexibility index (Phi) is 3.84. The van der Waals surface area contributed by atoms with Crippen molar-refractivity contribution >= 4 is 33.0 Å². The van der Waals surface area contributed by atoms with E-state index in [0.717, 1.165) is 17.9 Å². The predicted octanol–water partition coefficient (Wildman–Crippen LogP) is 4.01. The smallest absolute Gasteiger partial charge is 0.0858 e. The zero-order valence-corrected chi connectivity index (χ0v) is 13.3. The molecule has 0 atom stereocenters. The Morgan fingerprint density at radius 3 is 2.50 bits per heavy atom. The standard InChI is InChI=1S/C14H13BrN4S/c1-10-14(15)8-13(20-10)9-16-11-2-4-12(5-3-11)19-17-6-7-18-19/h2-8,16H,9H2,1H3. The highest BCUT2D eigenvalue weighted by Gasteiger charge is 2.03. The lowest BCUT2D eigenvalue weighted by atomic mass is 10.3. The SMILES string of the molecule is Cc1sc(CNc2ccc(-n3nccn3)cc2)cc1Br. The van der Waals surface area contributed by atoms with E-state index in [2.05, 4.69) is 44.4 Å². The van der Waals surface area contributed by atoms with Crippen LogP contribution in [0.2, 0.25) is 0 Å². The number of anilines is 1. The van der Waals surface area contributed by atoms with Crippen LogP contribution in [0.15, 0.2) is 47.2 Å². The first-order valence-corrected chi connectivity index (χ1v) is 7.79. The number of nitrogens with one attached hydrogen (secondary N) is 1. The number of rotatable bonds is 4. The molecule has 0 aliphatic carbocycles. The molecule has 0 aliphatic rings. The Hall–Kier alpha value is -1.66. The van der Waals surface area contributed by atoms with Crippen molar-refractivity contribution in [3.05, 3.63) is 57.0 Å². The molecule has 1 N–H and O–H groups in total. The van der Waals surface area contributed by atoms with E-state index in [1.165, 1.54) is 14.2 Å². The summed E-state index contributed by atoms with van der Waals surface area (Å²) in [6.07, 6.45) is 3.34. The first-order chi connectivity index (χ1) is 9.72. The zero-order valence-electron chi connectivity index (χ0n) is 10.9. The fraction of sp³-hybridized carbons (Fsp3) is 0.143. The summed E-state index contributed by atoms with van der Waals surface area (Å²) in [5.74, 6) is 0. The van der Waals surface area contributed by atoms with Crippen molar-refractivity contribution in [1.82, 2.24) is 15.0 Å². The Morgan fingerprint density at radius 1 is 1.20 bits per heavy atom. The molecule has 0 saturated heterocycles. The Balaban J connectivity index is 1.66. The number of thiophene rings is 1. The molecular weight excluding hydrogens is 336 g/mol. The highest BCUT2D eigenvalue weighted by molar-refractivity contribution is 9.10. The number of hydrogen-bond donors (Lipinski definition) is 1. The number of benzene rings is 1. The quantitative estimate of drug-likeness (QED) is 0.774. The lowest BCUT2D eigenvalue weighted by Crippen LogP contribution is -2.00. The molecule has 2 heterocycles. The lowest BCUT2D eigenvalue weighted by Gasteiger charge is -2.06. The molecule has 0 fully saturated rings. The molecule has 3 aromatic rings. The van der Waals surface area contributed by atoms with E-state index >= 15 is 0 Å². The van der Waals surface area contributed by atoms with Crippen LogP contribution in [0.1, 0.15) is 9.75 Å². The summed E-state index contributed by atoms with van der Waals surface area (Å²) >= 11 is 5.34. The summed E-state index contributed by atoms with van der Waals surface area (Å²) in [7, 11) is 0. The highest BCUT2D eigenvalue weighted by Crippen LogP contribution is 2.27. The molecule has 2 aromatic heterocycles. The van der Waals surface area contributed by atoms with Gasteiger partial charge in [0.15, 0.2) is 0 Å². The minimum absolute atomic E-state index is 0.830. The van der Waals surface area contributed by atoms with Crippen LogP contribution in [0.3, 0.4) is 0 Å². The third kappa shape index (κ3) is 2.91. The summed E-state index contributed by atoms with van der Waals surface area (Å²) in [5, 5.41) is 11.6. The molecule has 6 heteroatoms. The van der Waals surface area contributed by atoms with Crippen LogP contribution in [0, 0.1) is 6.92 Å². The Morgan fingerprint density at radius 2 is 1.90 bits per heavy atom. The number of aromatic nitrogens is 3. The van der Waals surface area contributed by atoms with Crippen molar-refractivity contribution in [1.29, 1.82) is 0 Å². The molecule has 0 spiro atoms. The van der Waals surface area contributed by atoms with E-state index in [-0.39, 0.29) is 0 Å². The lowest BCUT2D eigenvalue weighted by molar-refractivity contribution is 0.752. The number of nitrogens with zero attached hydrogens (tertiary/aromatic N) is 3. The van der Waals surface area contributed by atoms with E-state index in [1.807, 2.05) is 24.3 Å². The molecule has 0 aliphatic heterocycles. The summed E-state index contributed by atoms with van der Waals surface area (Å²) in [5.41, 5.74) is 2.04. The van der Waals surface area contributed by atoms with Gasteiger partial charge in [-0.1, -0.05) is 0 Å². The molecule has 0 bridgehead atoms. The first kappa shape index (κ1) is 13.3. The maximum atomic E-state index is 4.10. The van der Waals surface area contributed by atoms with Crippen molar-refractivity contribution in [3.63, 3.8) is 0 Å². The van der Waals surface area contributed by atoms with Gasteiger partial charge in [-0.2, -0.15) is 15.0 Å². The van der Waals surface area contributed by atoms with Crippen molar-refractivity contribution in [2.75, 3.05) is 5.32 Å². The molecule has 4 nitrogen and oxygen atoms in total. The first-order valence-electron chi connectivity index (χ1n) is 6.18. The molecule has 0 unspecified atom stereocenters. The third-order valence-corrected chi connectivity index (χ3v) is 5.03. The van der Waals surface area contributed by atoms with Gasteiger partial charge >= 0.3 is 0 Å². The Labute approximate surface area is 129 Å². The van der Waals surface area contributed by atoms with E-state index < -0.39 is 0 Å². The van der Waals surface area contributed by atoms with Crippen LogP contribution in [-0.2, 0) is 6.54 Å². The second kappa shape index (κ2) is 5.76. The van der Waals surface area contributed by atoms with Crippen LogP contribution in [0.5, 0.6) is 0 Å². The van der Waals surface area contributed by atoms with Gasteiger partial charge in [-0.15, -0.1) is 11.3 Å². The molecule has 0 saturated carbocycles. The van der Waals surface area contributed by atoms with Crippen LogP contribution < -0.4 is 5.32 Å². The molecule has 20 heavy (non-hydrogen) atoms. The molecule has 3 rings (SSSR count). The largest absolute Gasteiger partial charge is 0.380 e. The van der Waals surface area contributed by atoms with Gasteiger partial charge in [-0.25, -0.2) is 0 Å². The van der Waals surface area contributed by atoms with E-state index in [1.54, 1.807) is 28.5 Å².